The fourth-order valence-electron chi connectivity index (χ4n) is 2.75. The van der Waals surface area contributed by atoms with Crippen LogP contribution in [0.15, 0.2) is 18.2 Å². The topological polar surface area (TPSA) is 82.1 Å². The molecule has 0 unspecified atom stereocenters. The van der Waals surface area contributed by atoms with E-state index >= 15 is 0 Å². The molecule has 4 heteroatoms. The van der Waals surface area contributed by atoms with Crippen LogP contribution < -0.4 is 11.1 Å². The first-order valence-electron chi connectivity index (χ1n) is 6.83. The van der Waals surface area contributed by atoms with Gasteiger partial charge in [0.25, 0.3) is 0 Å². The van der Waals surface area contributed by atoms with Gasteiger partial charge in [-0.1, -0.05) is 19.3 Å². The molecule has 0 bridgehead atoms. The van der Waals surface area contributed by atoms with Crippen molar-refractivity contribution in [1.29, 1.82) is 5.26 Å². The standard InChI is InChI=1S/C15H21N3O/c16-9-12-8-13(4-5-14(12)17)18-10-15(11-19)6-2-1-3-7-15/h4-5,8,18-19H,1-3,6-7,10-11,17H2. The monoisotopic (exact) mass is 259 g/mol. The summed E-state index contributed by atoms with van der Waals surface area (Å²) in [6.45, 7) is 0.971. The Morgan fingerprint density at radius 3 is 2.68 bits per heavy atom. The average molecular weight is 259 g/mol. The van der Waals surface area contributed by atoms with Crippen LogP contribution in [0, 0.1) is 16.7 Å². The van der Waals surface area contributed by atoms with Crippen LogP contribution in [0.5, 0.6) is 0 Å². The van der Waals surface area contributed by atoms with Gasteiger partial charge in [0.2, 0.25) is 0 Å². The Morgan fingerprint density at radius 1 is 1.32 bits per heavy atom. The number of aliphatic hydroxyl groups excluding tert-OH is 1. The fraction of sp³-hybridized carbons (Fsp3) is 0.533. The number of hydrogen-bond acceptors (Lipinski definition) is 4. The smallest absolute Gasteiger partial charge is 0.101 e. The quantitative estimate of drug-likeness (QED) is 0.725. The number of nitriles is 1. The van der Waals surface area contributed by atoms with Crippen molar-refractivity contribution in [3.8, 4) is 6.07 Å². The lowest BCUT2D eigenvalue weighted by Gasteiger charge is -2.36. The van der Waals surface area contributed by atoms with Crippen LogP contribution >= 0.6 is 0 Å². The van der Waals surface area contributed by atoms with Crippen molar-refractivity contribution < 1.29 is 5.11 Å². The Kier molecular flexibility index (Phi) is 4.28. The van der Waals surface area contributed by atoms with Gasteiger partial charge in [0.15, 0.2) is 0 Å². The molecule has 102 valence electrons. The van der Waals surface area contributed by atoms with E-state index in [1.807, 2.05) is 6.07 Å². The Hall–Kier alpha value is -1.73. The summed E-state index contributed by atoms with van der Waals surface area (Å²) >= 11 is 0. The van der Waals surface area contributed by atoms with E-state index < -0.39 is 0 Å². The van der Waals surface area contributed by atoms with E-state index in [9.17, 15) is 5.11 Å². The zero-order valence-corrected chi connectivity index (χ0v) is 11.2. The first-order chi connectivity index (χ1) is 9.19. The van der Waals surface area contributed by atoms with E-state index in [1.54, 1.807) is 12.1 Å². The van der Waals surface area contributed by atoms with Gasteiger partial charge in [-0.2, -0.15) is 5.26 Å². The van der Waals surface area contributed by atoms with Crippen LogP contribution in [0.25, 0.3) is 0 Å². The molecule has 4 nitrogen and oxygen atoms in total. The highest BCUT2D eigenvalue weighted by molar-refractivity contribution is 5.61. The number of nitrogen functional groups attached to an aromatic ring is 1. The zero-order chi connectivity index (χ0) is 13.7. The summed E-state index contributed by atoms with van der Waals surface area (Å²) in [6, 6.07) is 7.47. The number of anilines is 2. The zero-order valence-electron chi connectivity index (χ0n) is 11.2. The second-order valence-electron chi connectivity index (χ2n) is 5.49. The number of nitrogens with two attached hydrogens (primary N) is 1. The molecule has 1 fully saturated rings. The summed E-state index contributed by atoms with van der Waals surface area (Å²) in [4.78, 5) is 0. The van der Waals surface area contributed by atoms with Crippen molar-refractivity contribution in [1.82, 2.24) is 0 Å². The molecule has 0 radical (unpaired) electrons. The largest absolute Gasteiger partial charge is 0.398 e. The van der Waals surface area contributed by atoms with Gasteiger partial charge in [-0.05, 0) is 31.0 Å². The second kappa shape index (κ2) is 5.94. The maximum absolute atomic E-state index is 9.65. The van der Waals surface area contributed by atoms with Crippen molar-refractivity contribution in [2.45, 2.75) is 32.1 Å². The van der Waals surface area contributed by atoms with Gasteiger partial charge in [-0.3, -0.25) is 0 Å². The maximum Gasteiger partial charge on any atom is 0.101 e. The summed E-state index contributed by atoms with van der Waals surface area (Å²) in [6.07, 6.45) is 5.77. The lowest BCUT2D eigenvalue weighted by molar-refractivity contribution is 0.0944. The number of nitrogens with zero attached hydrogens (tertiary/aromatic N) is 1. The van der Waals surface area contributed by atoms with E-state index in [4.69, 9.17) is 11.0 Å². The highest BCUT2D eigenvalue weighted by atomic mass is 16.3. The highest BCUT2D eigenvalue weighted by Gasteiger charge is 2.31. The van der Waals surface area contributed by atoms with E-state index in [0.29, 0.717) is 11.3 Å². The maximum atomic E-state index is 9.65. The summed E-state index contributed by atoms with van der Waals surface area (Å²) in [5, 5.41) is 22.0. The molecule has 0 heterocycles. The Balaban J connectivity index is 2.03. The van der Waals surface area contributed by atoms with Crippen LogP contribution in [0.2, 0.25) is 0 Å². The molecule has 1 aliphatic rings. The molecule has 1 aromatic rings. The summed E-state index contributed by atoms with van der Waals surface area (Å²) in [5.74, 6) is 0. The summed E-state index contributed by atoms with van der Waals surface area (Å²) in [7, 11) is 0. The van der Waals surface area contributed by atoms with E-state index in [-0.39, 0.29) is 12.0 Å². The van der Waals surface area contributed by atoms with Gasteiger partial charge >= 0.3 is 0 Å². The SMILES string of the molecule is N#Cc1cc(NCC2(CO)CCCCC2)ccc1N. The van der Waals surface area contributed by atoms with Gasteiger partial charge in [-0.25, -0.2) is 0 Å². The molecule has 19 heavy (non-hydrogen) atoms. The molecule has 2 rings (SSSR count). The molecule has 0 atom stereocenters. The van der Waals surface area contributed by atoms with Crippen LogP contribution in [-0.2, 0) is 0 Å². The third-order valence-electron chi connectivity index (χ3n) is 4.09. The Labute approximate surface area is 114 Å². The molecule has 4 N–H and O–H groups in total. The molecular weight excluding hydrogens is 238 g/mol. The Bertz CT molecular complexity index is 473. The van der Waals surface area contributed by atoms with E-state index in [2.05, 4.69) is 11.4 Å². The van der Waals surface area contributed by atoms with Crippen molar-refractivity contribution >= 4 is 11.4 Å². The third-order valence-corrected chi connectivity index (χ3v) is 4.09. The van der Waals surface area contributed by atoms with Crippen LogP contribution in [0.1, 0.15) is 37.7 Å². The minimum absolute atomic E-state index is 0.00750. The summed E-state index contributed by atoms with van der Waals surface area (Å²) in [5.41, 5.74) is 7.58. The predicted octanol–water partition coefficient (Wildman–Crippen LogP) is 2.50. The average Bonchev–Trinajstić information content (AvgIpc) is 2.47. The van der Waals surface area contributed by atoms with Crippen molar-refractivity contribution in [3.63, 3.8) is 0 Å². The molecule has 0 spiro atoms. The molecule has 0 saturated heterocycles. The molecular formula is C15H21N3O. The minimum atomic E-state index is -0.00750. The van der Waals surface area contributed by atoms with Crippen LogP contribution in [0.3, 0.4) is 0 Å². The van der Waals surface area contributed by atoms with Gasteiger partial charge in [0.1, 0.15) is 6.07 Å². The molecule has 0 amide bonds. The number of rotatable bonds is 4. The van der Waals surface area contributed by atoms with Crippen molar-refractivity contribution in [2.75, 3.05) is 24.2 Å². The minimum Gasteiger partial charge on any atom is -0.398 e. The van der Waals surface area contributed by atoms with E-state index in [0.717, 1.165) is 25.1 Å². The first-order valence-corrected chi connectivity index (χ1v) is 6.83. The van der Waals surface area contributed by atoms with Crippen LogP contribution in [0.4, 0.5) is 11.4 Å². The highest BCUT2D eigenvalue weighted by Crippen LogP contribution is 2.36. The predicted molar refractivity (Wildman–Crippen MR) is 76.7 cm³/mol. The normalized spacial score (nSPS) is 17.7. The first kappa shape index (κ1) is 13.7. The third kappa shape index (κ3) is 3.18. The number of nitrogens with one attached hydrogen (secondary N) is 1. The summed E-state index contributed by atoms with van der Waals surface area (Å²) < 4.78 is 0. The molecule has 1 aromatic carbocycles. The van der Waals surface area contributed by atoms with Gasteiger partial charge in [-0.15, -0.1) is 0 Å². The molecule has 0 aromatic heterocycles. The molecule has 0 aliphatic heterocycles. The number of hydrogen-bond donors (Lipinski definition) is 3. The van der Waals surface area contributed by atoms with E-state index in [1.165, 1.54) is 19.3 Å². The fourth-order valence-corrected chi connectivity index (χ4v) is 2.75. The number of aliphatic hydroxyl groups is 1. The lowest BCUT2D eigenvalue weighted by atomic mass is 9.74. The molecule has 1 saturated carbocycles. The van der Waals surface area contributed by atoms with Gasteiger partial charge in [0, 0.05) is 23.3 Å². The Morgan fingerprint density at radius 2 is 2.05 bits per heavy atom. The van der Waals surface area contributed by atoms with Gasteiger partial charge in [0.05, 0.1) is 12.2 Å². The lowest BCUT2D eigenvalue weighted by Crippen LogP contribution is -2.35. The van der Waals surface area contributed by atoms with Crippen molar-refractivity contribution in [3.05, 3.63) is 23.8 Å². The molecule has 1 aliphatic carbocycles. The second-order valence-corrected chi connectivity index (χ2v) is 5.49. The van der Waals surface area contributed by atoms with Gasteiger partial charge < -0.3 is 16.2 Å². The number of benzene rings is 1. The van der Waals surface area contributed by atoms with Crippen molar-refractivity contribution in [2.24, 2.45) is 5.41 Å². The van der Waals surface area contributed by atoms with Crippen LogP contribution in [-0.4, -0.2) is 18.3 Å².